The Kier molecular flexibility index (Phi) is 5.51. The van der Waals surface area contributed by atoms with E-state index >= 15 is 0 Å². The van der Waals surface area contributed by atoms with Gasteiger partial charge < -0.3 is 14.8 Å². The lowest BCUT2D eigenvalue weighted by atomic mass is 10.0. The van der Waals surface area contributed by atoms with Crippen molar-refractivity contribution in [1.82, 2.24) is 5.32 Å². The second-order valence-corrected chi connectivity index (χ2v) is 6.85. The number of benzene rings is 2. The molecule has 2 N–H and O–H groups in total. The summed E-state index contributed by atoms with van der Waals surface area (Å²) in [5.74, 6) is -0.0903. The molecule has 0 aliphatic rings. The highest BCUT2D eigenvalue weighted by Crippen LogP contribution is 2.28. The van der Waals surface area contributed by atoms with Crippen molar-refractivity contribution in [2.45, 2.75) is 33.2 Å². The van der Waals surface area contributed by atoms with E-state index in [2.05, 4.69) is 5.32 Å². The Hall–Kier alpha value is -2.79. The van der Waals surface area contributed by atoms with Crippen LogP contribution in [0.25, 0.3) is 11.0 Å². The standard InChI is InChI=1S/C21H20ClNO4/c1-12-15-7-9-18(24)13(2)20(15)27-21(26)16(12)8-10-19(25)23-11-14-5-3-4-6-17(14)22/h3-7,9,24H,8,10-11H2,1-2H3,(H,23,25). The number of rotatable bonds is 5. The van der Waals surface area contributed by atoms with Gasteiger partial charge in [0.15, 0.2) is 0 Å². The van der Waals surface area contributed by atoms with E-state index in [0.717, 1.165) is 16.5 Å². The minimum absolute atomic E-state index is 0.0803. The van der Waals surface area contributed by atoms with Crippen molar-refractivity contribution in [2.24, 2.45) is 0 Å². The summed E-state index contributed by atoms with van der Waals surface area (Å²) >= 11 is 6.08. The molecule has 27 heavy (non-hydrogen) atoms. The molecule has 0 spiro atoms. The minimum atomic E-state index is -0.479. The van der Waals surface area contributed by atoms with Gasteiger partial charge in [-0.25, -0.2) is 4.79 Å². The zero-order valence-electron chi connectivity index (χ0n) is 15.1. The Balaban J connectivity index is 1.73. The zero-order chi connectivity index (χ0) is 19.6. The van der Waals surface area contributed by atoms with Crippen molar-refractivity contribution < 1.29 is 14.3 Å². The highest BCUT2D eigenvalue weighted by Gasteiger charge is 2.15. The summed E-state index contributed by atoms with van der Waals surface area (Å²) in [5.41, 5.74) is 2.50. The lowest BCUT2D eigenvalue weighted by molar-refractivity contribution is -0.121. The summed E-state index contributed by atoms with van der Waals surface area (Å²) in [7, 11) is 0. The van der Waals surface area contributed by atoms with E-state index in [1.807, 2.05) is 25.1 Å². The Morgan fingerprint density at radius 3 is 2.63 bits per heavy atom. The van der Waals surface area contributed by atoms with Crippen LogP contribution in [0.3, 0.4) is 0 Å². The summed E-state index contributed by atoms with van der Waals surface area (Å²) in [6.45, 7) is 3.86. The van der Waals surface area contributed by atoms with Gasteiger partial charge in [-0.1, -0.05) is 29.8 Å². The van der Waals surface area contributed by atoms with Crippen LogP contribution < -0.4 is 10.9 Å². The number of nitrogens with one attached hydrogen (secondary N) is 1. The maximum atomic E-state index is 12.4. The van der Waals surface area contributed by atoms with E-state index in [9.17, 15) is 14.7 Å². The maximum Gasteiger partial charge on any atom is 0.339 e. The fraction of sp³-hybridized carbons (Fsp3) is 0.238. The molecule has 2 aromatic carbocycles. The number of phenols is 1. The molecular weight excluding hydrogens is 366 g/mol. The van der Waals surface area contributed by atoms with Gasteiger partial charge in [-0.15, -0.1) is 0 Å². The fourth-order valence-electron chi connectivity index (χ4n) is 3.03. The number of carbonyl (C=O) groups is 1. The number of hydrogen-bond donors (Lipinski definition) is 2. The Morgan fingerprint density at radius 2 is 1.89 bits per heavy atom. The van der Waals surface area contributed by atoms with Crippen molar-refractivity contribution in [3.63, 3.8) is 0 Å². The molecule has 0 radical (unpaired) electrons. The number of amides is 1. The molecule has 140 valence electrons. The molecular formula is C21H20ClNO4. The van der Waals surface area contributed by atoms with Crippen molar-refractivity contribution in [2.75, 3.05) is 0 Å². The third kappa shape index (κ3) is 3.98. The summed E-state index contributed by atoms with van der Waals surface area (Å²) in [6, 6.07) is 10.6. The van der Waals surface area contributed by atoms with Crippen LogP contribution in [0, 0.1) is 13.8 Å². The van der Waals surface area contributed by atoms with Gasteiger partial charge in [-0.3, -0.25) is 4.79 Å². The molecule has 0 bridgehead atoms. The van der Waals surface area contributed by atoms with Crippen molar-refractivity contribution in [1.29, 1.82) is 0 Å². The molecule has 0 aliphatic heterocycles. The van der Waals surface area contributed by atoms with E-state index in [0.29, 0.717) is 28.3 Å². The summed E-state index contributed by atoms with van der Waals surface area (Å²) in [4.78, 5) is 24.5. The van der Waals surface area contributed by atoms with Crippen LogP contribution in [-0.2, 0) is 17.8 Å². The van der Waals surface area contributed by atoms with Crippen molar-refractivity contribution >= 4 is 28.5 Å². The SMILES string of the molecule is Cc1c(CCC(=O)NCc2ccccc2Cl)c(=O)oc2c(C)c(O)ccc12. The van der Waals surface area contributed by atoms with E-state index in [1.54, 1.807) is 25.1 Å². The smallest absolute Gasteiger partial charge is 0.339 e. The molecule has 0 aliphatic carbocycles. The summed E-state index contributed by atoms with van der Waals surface area (Å²) in [6.07, 6.45) is 0.441. The number of aryl methyl sites for hydroxylation is 2. The topological polar surface area (TPSA) is 79.5 Å². The Bertz CT molecular complexity index is 1070. The van der Waals surface area contributed by atoms with Crippen molar-refractivity contribution in [3.05, 3.63) is 74.1 Å². The predicted octanol–water partition coefficient (Wildman–Crippen LogP) is 4.02. The summed E-state index contributed by atoms with van der Waals surface area (Å²) in [5, 5.41) is 14.0. The first-order valence-corrected chi connectivity index (χ1v) is 9.01. The van der Waals surface area contributed by atoms with Crippen LogP contribution in [0.5, 0.6) is 5.75 Å². The highest BCUT2D eigenvalue weighted by molar-refractivity contribution is 6.31. The van der Waals surface area contributed by atoms with E-state index in [4.69, 9.17) is 16.0 Å². The first-order chi connectivity index (χ1) is 12.9. The van der Waals surface area contributed by atoms with Gasteiger partial charge in [0, 0.05) is 34.5 Å². The molecule has 3 aromatic rings. The largest absolute Gasteiger partial charge is 0.508 e. The molecule has 0 saturated heterocycles. The molecule has 0 atom stereocenters. The van der Waals surface area contributed by atoms with Gasteiger partial charge in [0.1, 0.15) is 11.3 Å². The van der Waals surface area contributed by atoms with Gasteiger partial charge >= 0.3 is 5.63 Å². The first-order valence-electron chi connectivity index (χ1n) is 8.63. The molecule has 0 fully saturated rings. The first kappa shape index (κ1) is 19.0. The minimum Gasteiger partial charge on any atom is -0.508 e. The van der Waals surface area contributed by atoms with Crippen LogP contribution in [-0.4, -0.2) is 11.0 Å². The van der Waals surface area contributed by atoms with Crippen LogP contribution in [0.1, 0.15) is 28.7 Å². The second-order valence-electron chi connectivity index (χ2n) is 6.45. The third-order valence-electron chi connectivity index (χ3n) is 4.71. The molecule has 1 aromatic heterocycles. The second kappa shape index (κ2) is 7.84. The highest BCUT2D eigenvalue weighted by atomic mass is 35.5. The fourth-order valence-corrected chi connectivity index (χ4v) is 3.23. The van der Waals surface area contributed by atoms with Crippen LogP contribution >= 0.6 is 11.6 Å². The molecule has 5 nitrogen and oxygen atoms in total. The number of carbonyl (C=O) groups excluding carboxylic acids is 1. The molecule has 6 heteroatoms. The normalized spacial score (nSPS) is 10.9. The van der Waals surface area contributed by atoms with Gasteiger partial charge in [-0.2, -0.15) is 0 Å². The third-order valence-corrected chi connectivity index (χ3v) is 5.08. The van der Waals surface area contributed by atoms with E-state index < -0.39 is 5.63 Å². The van der Waals surface area contributed by atoms with Gasteiger partial charge in [0.05, 0.1) is 0 Å². The monoisotopic (exact) mass is 385 g/mol. The molecule has 0 saturated carbocycles. The molecule has 1 heterocycles. The number of halogens is 1. The predicted molar refractivity (Wildman–Crippen MR) is 105 cm³/mol. The molecule has 1 amide bonds. The average molecular weight is 386 g/mol. The average Bonchev–Trinajstić information content (AvgIpc) is 2.64. The number of fused-ring (bicyclic) bond motifs is 1. The quantitative estimate of drug-likeness (QED) is 0.650. The maximum absolute atomic E-state index is 12.4. The molecule has 0 unspecified atom stereocenters. The lowest BCUT2D eigenvalue weighted by Gasteiger charge is -2.10. The van der Waals surface area contributed by atoms with Crippen LogP contribution in [0.4, 0.5) is 0 Å². The zero-order valence-corrected chi connectivity index (χ0v) is 15.9. The summed E-state index contributed by atoms with van der Waals surface area (Å²) < 4.78 is 5.40. The van der Waals surface area contributed by atoms with E-state index in [-0.39, 0.29) is 24.5 Å². The Morgan fingerprint density at radius 1 is 1.15 bits per heavy atom. The van der Waals surface area contributed by atoms with E-state index in [1.165, 1.54) is 0 Å². The number of phenolic OH excluding ortho intramolecular Hbond substituents is 1. The Labute approximate surface area is 161 Å². The number of aromatic hydroxyl groups is 1. The molecule has 3 rings (SSSR count). The number of hydrogen-bond acceptors (Lipinski definition) is 4. The van der Waals surface area contributed by atoms with Crippen LogP contribution in [0.15, 0.2) is 45.6 Å². The lowest BCUT2D eigenvalue weighted by Crippen LogP contribution is -2.24. The van der Waals surface area contributed by atoms with Gasteiger partial charge in [0.25, 0.3) is 0 Å². The van der Waals surface area contributed by atoms with Gasteiger partial charge in [-0.05, 0) is 49.6 Å². The van der Waals surface area contributed by atoms with Crippen LogP contribution in [0.2, 0.25) is 5.02 Å². The van der Waals surface area contributed by atoms with Gasteiger partial charge in [0.2, 0.25) is 5.91 Å². The van der Waals surface area contributed by atoms with Crippen molar-refractivity contribution in [3.8, 4) is 5.75 Å².